The summed E-state index contributed by atoms with van der Waals surface area (Å²) in [5.74, 6) is -11.6. The van der Waals surface area contributed by atoms with Gasteiger partial charge in [-0.15, -0.1) is 0 Å². The Balaban J connectivity index is 2.13. The second-order valence-corrected chi connectivity index (χ2v) is 8.74. The molecule has 160 valence electrons. The van der Waals surface area contributed by atoms with E-state index in [0.717, 1.165) is 0 Å². The molecule has 1 heterocycles. The molecule has 0 atom stereocenters. The SMILES string of the molecule is CCOC(=O)c1c(CS(=O)(=O)Cc2ccc(Cl)cc2)oc2c(F)c(F)c(F)c(F)c12. The molecule has 30 heavy (non-hydrogen) atoms. The zero-order valence-electron chi connectivity index (χ0n) is 15.3. The summed E-state index contributed by atoms with van der Waals surface area (Å²) in [5, 5.41) is -0.644. The number of rotatable bonds is 6. The second-order valence-electron chi connectivity index (χ2n) is 6.24. The highest BCUT2D eigenvalue weighted by Gasteiger charge is 2.33. The van der Waals surface area contributed by atoms with Crippen LogP contribution in [0.3, 0.4) is 0 Å². The zero-order valence-corrected chi connectivity index (χ0v) is 16.8. The maximum absolute atomic E-state index is 14.3. The van der Waals surface area contributed by atoms with Crippen LogP contribution < -0.4 is 0 Å². The van der Waals surface area contributed by atoms with E-state index in [1.54, 1.807) is 0 Å². The number of fused-ring (bicyclic) bond motifs is 1. The van der Waals surface area contributed by atoms with Crippen molar-refractivity contribution >= 4 is 38.4 Å². The van der Waals surface area contributed by atoms with Crippen molar-refractivity contribution < 1.29 is 39.9 Å². The fourth-order valence-electron chi connectivity index (χ4n) is 2.85. The van der Waals surface area contributed by atoms with Gasteiger partial charge in [-0.25, -0.2) is 26.4 Å². The van der Waals surface area contributed by atoms with Crippen LogP contribution in [0.5, 0.6) is 0 Å². The number of benzene rings is 2. The number of furan rings is 1. The first-order chi connectivity index (χ1) is 14.1. The summed E-state index contributed by atoms with van der Waals surface area (Å²) >= 11 is 5.75. The van der Waals surface area contributed by atoms with Gasteiger partial charge in [-0.1, -0.05) is 23.7 Å². The summed E-state index contributed by atoms with van der Waals surface area (Å²) in [6, 6.07) is 5.84. The Bertz CT molecular complexity index is 1240. The van der Waals surface area contributed by atoms with Gasteiger partial charge in [0.25, 0.3) is 0 Å². The van der Waals surface area contributed by atoms with E-state index in [1.807, 2.05) is 0 Å². The van der Waals surface area contributed by atoms with Crippen molar-refractivity contribution in [1.82, 2.24) is 0 Å². The first kappa shape index (κ1) is 22.1. The molecule has 0 fully saturated rings. The van der Waals surface area contributed by atoms with E-state index in [1.165, 1.54) is 31.2 Å². The van der Waals surface area contributed by atoms with Crippen molar-refractivity contribution in [3.63, 3.8) is 0 Å². The standard InChI is InChI=1S/C19H13ClF4O5S/c1-2-28-19(25)12-11(8-30(26,27)7-9-3-5-10(20)6-4-9)29-18-13(12)14(21)15(22)16(23)17(18)24/h3-6H,2,7-8H2,1H3. The summed E-state index contributed by atoms with van der Waals surface area (Å²) < 4.78 is 90.6. The summed E-state index contributed by atoms with van der Waals surface area (Å²) in [4.78, 5) is 12.3. The van der Waals surface area contributed by atoms with Crippen molar-refractivity contribution in [2.45, 2.75) is 18.4 Å². The van der Waals surface area contributed by atoms with Crippen LogP contribution >= 0.6 is 11.6 Å². The lowest BCUT2D eigenvalue weighted by molar-refractivity contribution is 0.0526. The monoisotopic (exact) mass is 464 g/mol. The van der Waals surface area contributed by atoms with E-state index in [9.17, 15) is 30.8 Å². The number of esters is 1. The zero-order chi connectivity index (χ0) is 22.2. The van der Waals surface area contributed by atoms with E-state index in [0.29, 0.717) is 10.6 Å². The molecule has 3 aromatic rings. The molecule has 0 unspecified atom stereocenters. The Labute approximate surface area is 173 Å². The number of sulfone groups is 1. The van der Waals surface area contributed by atoms with Gasteiger partial charge < -0.3 is 9.15 Å². The van der Waals surface area contributed by atoms with E-state index in [2.05, 4.69) is 0 Å². The van der Waals surface area contributed by atoms with Crippen LogP contribution in [0.2, 0.25) is 5.02 Å². The molecule has 3 rings (SSSR count). The van der Waals surface area contributed by atoms with Crippen LogP contribution in [0.25, 0.3) is 11.0 Å². The molecule has 1 aromatic heterocycles. The normalized spacial score (nSPS) is 11.8. The molecule has 0 amide bonds. The summed E-state index contributed by atoms with van der Waals surface area (Å²) in [6.07, 6.45) is 0. The molecule has 0 aliphatic heterocycles. The second kappa shape index (κ2) is 8.27. The summed E-state index contributed by atoms with van der Waals surface area (Å²) in [7, 11) is -4.04. The maximum Gasteiger partial charge on any atom is 0.342 e. The van der Waals surface area contributed by atoms with Crippen LogP contribution in [0, 0.1) is 23.3 Å². The Hall–Kier alpha value is -2.59. The van der Waals surface area contributed by atoms with Crippen molar-refractivity contribution in [3.8, 4) is 0 Å². The molecule has 0 spiro atoms. The molecule has 0 saturated heterocycles. The fraction of sp³-hybridized carbons (Fsp3) is 0.211. The molecule has 2 aromatic carbocycles. The highest BCUT2D eigenvalue weighted by molar-refractivity contribution is 7.89. The molecular weight excluding hydrogens is 452 g/mol. The van der Waals surface area contributed by atoms with Crippen LogP contribution in [0.15, 0.2) is 28.7 Å². The first-order valence-corrected chi connectivity index (χ1v) is 10.6. The Morgan fingerprint density at radius 2 is 1.60 bits per heavy atom. The molecule has 0 aliphatic carbocycles. The fourth-order valence-corrected chi connectivity index (χ4v) is 4.38. The quantitative estimate of drug-likeness (QED) is 0.224. The average Bonchev–Trinajstić information content (AvgIpc) is 3.05. The minimum absolute atomic E-state index is 0.198. The Morgan fingerprint density at radius 3 is 2.20 bits per heavy atom. The van der Waals surface area contributed by atoms with Gasteiger partial charge in [-0.05, 0) is 24.6 Å². The molecule has 0 radical (unpaired) electrons. The van der Waals surface area contributed by atoms with E-state index in [4.69, 9.17) is 20.8 Å². The highest BCUT2D eigenvalue weighted by Crippen LogP contribution is 2.35. The maximum atomic E-state index is 14.3. The van der Waals surface area contributed by atoms with Crippen molar-refractivity contribution in [3.05, 3.63) is 69.4 Å². The Morgan fingerprint density at radius 1 is 1.00 bits per heavy atom. The average molecular weight is 465 g/mol. The molecule has 0 aliphatic rings. The number of hydrogen-bond acceptors (Lipinski definition) is 5. The van der Waals surface area contributed by atoms with Crippen LogP contribution in [0.4, 0.5) is 17.6 Å². The third-order valence-corrected chi connectivity index (χ3v) is 5.84. The highest BCUT2D eigenvalue weighted by atomic mass is 35.5. The first-order valence-electron chi connectivity index (χ1n) is 8.45. The van der Waals surface area contributed by atoms with Crippen molar-refractivity contribution in [2.75, 3.05) is 6.61 Å². The number of hydrogen-bond donors (Lipinski definition) is 0. The molecule has 11 heteroatoms. The third-order valence-electron chi connectivity index (χ3n) is 4.11. The molecule has 0 saturated carbocycles. The Kier molecular flexibility index (Phi) is 6.09. The molecule has 5 nitrogen and oxygen atoms in total. The summed E-state index contributed by atoms with van der Waals surface area (Å²) in [6.45, 7) is 1.21. The predicted molar refractivity (Wildman–Crippen MR) is 99.8 cm³/mol. The lowest BCUT2D eigenvalue weighted by atomic mass is 10.1. The largest absolute Gasteiger partial charge is 0.462 e. The smallest absolute Gasteiger partial charge is 0.342 e. The van der Waals surface area contributed by atoms with Gasteiger partial charge in [0.2, 0.25) is 11.6 Å². The topological polar surface area (TPSA) is 73.6 Å². The molecular formula is C19H13ClF4O5S. The van der Waals surface area contributed by atoms with Gasteiger partial charge in [0.1, 0.15) is 17.1 Å². The van der Waals surface area contributed by atoms with Crippen LogP contribution in [-0.4, -0.2) is 21.0 Å². The van der Waals surface area contributed by atoms with Gasteiger partial charge in [0.15, 0.2) is 27.1 Å². The van der Waals surface area contributed by atoms with Gasteiger partial charge in [-0.3, -0.25) is 0 Å². The van der Waals surface area contributed by atoms with E-state index in [-0.39, 0.29) is 6.61 Å². The van der Waals surface area contributed by atoms with Gasteiger partial charge in [0.05, 0.1) is 17.7 Å². The third kappa shape index (κ3) is 4.15. The number of halogens is 5. The van der Waals surface area contributed by atoms with E-state index < -0.39 is 72.9 Å². The van der Waals surface area contributed by atoms with Crippen LogP contribution in [-0.2, 0) is 26.1 Å². The van der Waals surface area contributed by atoms with Gasteiger partial charge in [-0.2, -0.15) is 4.39 Å². The minimum Gasteiger partial charge on any atom is -0.462 e. The number of carbonyl (C=O) groups excluding carboxylic acids is 1. The van der Waals surface area contributed by atoms with Crippen LogP contribution in [0.1, 0.15) is 28.6 Å². The molecule has 0 N–H and O–H groups in total. The predicted octanol–water partition coefficient (Wildman–Crippen LogP) is 4.93. The number of ether oxygens (including phenoxy) is 1. The van der Waals surface area contributed by atoms with Crippen molar-refractivity contribution in [1.29, 1.82) is 0 Å². The lowest BCUT2D eigenvalue weighted by Gasteiger charge is -2.06. The summed E-state index contributed by atoms with van der Waals surface area (Å²) in [5.41, 5.74) is -1.59. The van der Waals surface area contributed by atoms with E-state index >= 15 is 0 Å². The van der Waals surface area contributed by atoms with Crippen molar-refractivity contribution in [2.24, 2.45) is 0 Å². The minimum atomic E-state index is -4.04. The lowest BCUT2D eigenvalue weighted by Crippen LogP contribution is -2.12. The number of carbonyl (C=O) groups is 1. The molecule has 0 bridgehead atoms. The van der Waals surface area contributed by atoms with Gasteiger partial charge >= 0.3 is 5.97 Å². The van der Waals surface area contributed by atoms with Gasteiger partial charge in [0, 0.05) is 5.02 Å².